The average Bonchev–Trinajstić information content (AvgIpc) is 2.32. The van der Waals surface area contributed by atoms with Crippen LogP contribution in [0.15, 0.2) is 11.4 Å². The first-order valence-electron chi connectivity index (χ1n) is 3.94. The number of rotatable bonds is 2. The Bertz CT molecular complexity index is 260. The SMILES string of the molecule is O=Cc1sccc1C1CCC1. The van der Waals surface area contributed by atoms with Gasteiger partial charge in [-0.1, -0.05) is 6.42 Å². The lowest BCUT2D eigenvalue weighted by Crippen LogP contribution is -2.09. The van der Waals surface area contributed by atoms with Crippen LogP contribution in [0.2, 0.25) is 0 Å². The minimum absolute atomic E-state index is 0.696. The molecule has 0 spiro atoms. The third kappa shape index (κ3) is 1.11. The Kier molecular flexibility index (Phi) is 1.78. The number of hydrogen-bond acceptors (Lipinski definition) is 2. The van der Waals surface area contributed by atoms with Crippen molar-refractivity contribution in [3.8, 4) is 0 Å². The monoisotopic (exact) mass is 166 g/mol. The summed E-state index contributed by atoms with van der Waals surface area (Å²) in [5.74, 6) is 0.696. The number of carbonyl (C=O) groups excluding carboxylic acids is 1. The van der Waals surface area contributed by atoms with Crippen molar-refractivity contribution < 1.29 is 4.79 Å². The van der Waals surface area contributed by atoms with Crippen molar-refractivity contribution in [1.82, 2.24) is 0 Å². The molecule has 0 aromatic carbocycles. The minimum Gasteiger partial charge on any atom is -0.297 e. The zero-order chi connectivity index (χ0) is 7.68. The summed E-state index contributed by atoms with van der Waals surface area (Å²) >= 11 is 1.56. The maximum absolute atomic E-state index is 10.5. The van der Waals surface area contributed by atoms with Crippen molar-refractivity contribution in [2.75, 3.05) is 0 Å². The summed E-state index contributed by atoms with van der Waals surface area (Å²) in [7, 11) is 0. The van der Waals surface area contributed by atoms with E-state index in [9.17, 15) is 4.79 Å². The Hall–Kier alpha value is -0.630. The molecule has 1 aromatic rings. The summed E-state index contributed by atoms with van der Waals surface area (Å²) in [6.45, 7) is 0. The Morgan fingerprint density at radius 3 is 2.91 bits per heavy atom. The van der Waals surface area contributed by atoms with Crippen molar-refractivity contribution in [2.24, 2.45) is 0 Å². The third-order valence-electron chi connectivity index (χ3n) is 2.38. The molecular formula is C9H10OS. The summed E-state index contributed by atoms with van der Waals surface area (Å²) in [6.07, 6.45) is 4.87. The molecule has 1 heterocycles. The zero-order valence-corrected chi connectivity index (χ0v) is 7.06. The van der Waals surface area contributed by atoms with Crippen molar-refractivity contribution in [3.63, 3.8) is 0 Å². The topological polar surface area (TPSA) is 17.1 Å². The van der Waals surface area contributed by atoms with E-state index in [0.29, 0.717) is 5.92 Å². The van der Waals surface area contributed by atoms with Gasteiger partial charge in [0.2, 0.25) is 0 Å². The van der Waals surface area contributed by atoms with Crippen LogP contribution < -0.4 is 0 Å². The van der Waals surface area contributed by atoms with Crippen molar-refractivity contribution in [3.05, 3.63) is 21.9 Å². The second kappa shape index (κ2) is 2.78. The molecule has 1 aliphatic carbocycles. The highest BCUT2D eigenvalue weighted by atomic mass is 32.1. The van der Waals surface area contributed by atoms with Gasteiger partial charge in [0.25, 0.3) is 0 Å². The molecule has 0 aliphatic heterocycles. The molecule has 0 N–H and O–H groups in total. The maximum Gasteiger partial charge on any atom is 0.160 e. The summed E-state index contributed by atoms with van der Waals surface area (Å²) in [6, 6.07) is 2.10. The van der Waals surface area contributed by atoms with E-state index in [0.717, 1.165) is 11.2 Å². The summed E-state index contributed by atoms with van der Waals surface area (Å²) < 4.78 is 0. The first-order valence-corrected chi connectivity index (χ1v) is 4.82. The van der Waals surface area contributed by atoms with Gasteiger partial charge in [0.15, 0.2) is 6.29 Å². The van der Waals surface area contributed by atoms with Gasteiger partial charge < -0.3 is 0 Å². The Morgan fingerprint density at radius 1 is 1.55 bits per heavy atom. The standard InChI is InChI=1S/C9H10OS/c10-6-9-8(4-5-11-9)7-2-1-3-7/h4-7H,1-3H2. The fourth-order valence-electron chi connectivity index (χ4n) is 1.48. The van der Waals surface area contributed by atoms with Gasteiger partial charge in [-0.05, 0) is 35.8 Å². The number of aldehydes is 1. The van der Waals surface area contributed by atoms with Crippen LogP contribution in [0.4, 0.5) is 0 Å². The first kappa shape index (κ1) is 7.04. The van der Waals surface area contributed by atoms with Gasteiger partial charge >= 0.3 is 0 Å². The van der Waals surface area contributed by atoms with Gasteiger partial charge in [-0.3, -0.25) is 4.79 Å². The zero-order valence-electron chi connectivity index (χ0n) is 6.25. The minimum atomic E-state index is 0.696. The molecule has 1 aliphatic rings. The molecule has 58 valence electrons. The van der Waals surface area contributed by atoms with E-state index in [1.807, 2.05) is 5.38 Å². The molecule has 1 fully saturated rings. The number of hydrogen-bond donors (Lipinski definition) is 0. The average molecular weight is 166 g/mol. The van der Waals surface area contributed by atoms with E-state index in [1.165, 1.54) is 24.8 Å². The van der Waals surface area contributed by atoms with E-state index in [4.69, 9.17) is 0 Å². The summed E-state index contributed by atoms with van der Waals surface area (Å²) in [5.41, 5.74) is 1.29. The highest BCUT2D eigenvalue weighted by molar-refractivity contribution is 7.11. The molecule has 0 saturated heterocycles. The number of carbonyl (C=O) groups is 1. The fourth-order valence-corrected chi connectivity index (χ4v) is 2.27. The van der Waals surface area contributed by atoms with Crippen LogP contribution in [0, 0.1) is 0 Å². The molecule has 0 atom stereocenters. The van der Waals surface area contributed by atoms with Gasteiger partial charge in [-0.2, -0.15) is 0 Å². The third-order valence-corrected chi connectivity index (χ3v) is 3.24. The Labute approximate surface area is 70.1 Å². The summed E-state index contributed by atoms with van der Waals surface area (Å²) in [5, 5.41) is 2.01. The molecule has 0 unspecified atom stereocenters. The normalized spacial score (nSPS) is 17.8. The van der Waals surface area contributed by atoms with Gasteiger partial charge in [-0.25, -0.2) is 0 Å². The van der Waals surface area contributed by atoms with Crippen LogP contribution in [0.25, 0.3) is 0 Å². The quantitative estimate of drug-likeness (QED) is 0.617. The molecule has 1 nitrogen and oxygen atoms in total. The van der Waals surface area contributed by atoms with Crippen molar-refractivity contribution >= 4 is 17.6 Å². The van der Waals surface area contributed by atoms with Gasteiger partial charge in [0.05, 0.1) is 4.88 Å². The van der Waals surface area contributed by atoms with Crippen molar-refractivity contribution in [1.29, 1.82) is 0 Å². The molecule has 2 rings (SSSR count). The molecule has 1 aromatic heterocycles. The maximum atomic E-state index is 10.5. The van der Waals surface area contributed by atoms with E-state index in [1.54, 1.807) is 11.3 Å². The first-order chi connectivity index (χ1) is 5.42. The number of thiophene rings is 1. The Balaban J connectivity index is 2.27. The largest absolute Gasteiger partial charge is 0.297 e. The summed E-state index contributed by atoms with van der Waals surface area (Å²) in [4.78, 5) is 11.5. The van der Waals surface area contributed by atoms with Crippen LogP contribution >= 0.6 is 11.3 Å². The lowest BCUT2D eigenvalue weighted by Gasteiger charge is -2.24. The molecular weight excluding hydrogens is 156 g/mol. The van der Waals surface area contributed by atoms with E-state index in [2.05, 4.69) is 6.07 Å². The predicted octanol–water partition coefficient (Wildman–Crippen LogP) is 2.83. The highest BCUT2D eigenvalue weighted by Crippen LogP contribution is 2.38. The van der Waals surface area contributed by atoms with Gasteiger partial charge in [-0.15, -0.1) is 11.3 Å². The lowest BCUT2D eigenvalue weighted by atomic mass is 9.80. The predicted molar refractivity (Wildman–Crippen MR) is 46.3 cm³/mol. The van der Waals surface area contributed by atoms with Crippen LogP contribution in [0.5, 0.6) is 0 Å². The fraction of sp³-hybridized carbons (Fsp3) is 0.444. The molecule has 0 radical (unpaired) electrons. The molecule has 11 heavy (non-hydrogen) atoms. The van der Waals surface area contributed by atoms with Crippen LogP contribution in [-0.4, -0.2) is 6.29 Å². The van der Waals surface area contributed by atoms with Gasteiger partial charge in [0, 0.05) is 0 Å². The second-order valence-corrected chi connectivity index (χ2v) is 3.93. The van der Waals surface area contributed by atoms with Crippen molar-refractivity contribution in [2.45, 2.75) is 25.2 Å². The lowest BCUT2D eigenvalue weighted by molar-refractivity contribution is 0.112. The second-order valence-electron chi connectivity index (χ2n) is 2.99. The van der Waals surface area contributed by atoms with E-state index >= 15 is 0 Å². The Morgan fingerprint density at radius 2 is 2.36 bits per heavy atom. The van der Waals surface area contributed by atoms with Crippen LogP contribution in [-0.2, 0) is 0 Å². The van der Waals surface area contributed by atoms with Crippen LogP contribution in [0.1, 0.15) is 40.4 Å². The van der Waals surface area contributed by atoms with E-state index in [-0.39, 0.29) is 0 Å². The molecule has 1 saturated carbocycles. The molecule has 0 bridgehead atoms. The highest BCUT2D eigenvalue weighted by Gasteiger charge is 2.22. The molecule has 0 amide bonds. The smallest absolute Gasteiger partial charge is 0.160 e. The van der Waals surface area contributed by atoms with Crippen LogP contribution in [0.3, 0.4) is 0 Å². The van der Waals surface area contributed by atoms with Gasteiger partial charge in [0.1, 0.15) is 0 Å². The van der Waals surface area contributed by atoms with E-state index < -0.39 is 0 Å². The molecule has 2 heteroatoms.